The van der Waals surface area contributed by atoms with E-state index in [1.807, 2.05) is 28.0 Å². The van der Waals surface area contributed by atoms with Crippen LogP contribution in [0.5, 0.6) is 0 Å². The summed E-state index contributed by atoms with van der Waals surface area (Å²) in [5, 5.41) is 0. The van der Waals surface area contributed by atoms with Crippen molar-refractivity contribution < 1.29 is 9.59 Å². The summed E-state index contributed by atoms with van der Waals surface area (Å²) in [5.41, 5.74) is 4.77. The Hall–Kier alpha value is -2.47. The predicted octanol–water partition coefficient (Wildman–Crippen LogP) is 3.87. The van der Waals surface area contributed by atoms with Crippen LogP contribution in [0.15, 0.2) is 47.4 Å². The maximum absolute atomic E-state index is 12.8. The van der Waals surface area contributed by atoms with E-state index in [-0.39, 0.29) is 24.7 Å². The lowest BCUT2D eigenvalue weighted by atomic mass is 10.1. The van der Waals surface area contributed by atoms with E-state index >= 15 is 0 Å². The van der Waals surface area contributed by atoms with Crippen LogP contribution in [0.2, 0.25) is 0 Å². The summed E-state index contributed by atoms with van der Waals surface area (Å²) in [6, 6.07) is 14.5. The average molecular weight is 424 g/mol. The van der Waals surface area contributed by atoms with Crippen LogP contribution in [0.3, 0.4) is 0 Å². The number of fused-ring (bicyclic) bond motifs is 1. The van der Waals surface area contributed by atoms with Crippen molar-refractivity contribution in [3.05, 3.63) is 53.6 Å². The molecule has 0 aromatic heterocycles. The Balaban J connectivity index is 1.29. The molecule has 2 heterocycles. The molecule has 2 aromatic rings. The van der Waals surface area contributed by atoms with Crippen LogP contribution in [0.4, 0.5) is 11.4 Å². The molecule has 30 heavy (non-hydrogen) atoms. The van der Waals surface area contributed by atoms with E-state index in [1.54, 1.807) is 11.8 Å². The van der Waals surface area contributed by atoms with Gasteiger partial charge in [-0.15, -0.1) is 11.8 Å². The van der Waals surface area contributed by atoms with E-state index in [1.165, 1.54) is 16.8 Å². The van der Waals surface area contributed by atoms with Gasteiger partial charge in [-0.05, 0) is 43.2 Å². The Bertz CT molecular complexity index is 938. The van der Waals surface area contributed by atoms with Crippen LogP contribution in [-0.2, 0) is 9.59 Å². The van der Waals surface area contributed by atoms with E-state index in [0.717, 1.165) is 29.4 Å². The van der Waals surface area contributed by atoms with Gasteiger partial charge in [0.05, 0.1) is 5.69 Å². The molecule has 2 amide bonds. The minimum Gasteiger partial charge on any atom is -0.368 e. The van der Waals surface area contributed by atoms with Crippen molar-refractivity contribution in [3.8, 4) is 0 Å². The first-order chi connectivity index (χ1) is 14.5. The van der Waals surface area contributed by atoms with Crippen molar-refractivity contribution in [2.75, 3.05) is 48.3 Å². The Morgan fingerprint density at radius 3 is 2.40 bits per heavy atom. The lowest BCUT2D eigenvalue weighted by Gasteiger charge is -2.37. The smallest absolute Gasteiger partial charge is 0.227 e. The lowest BCUT2D eigenvalue weighted by molar-refractivity contribution is -0.133. The number of rotatable bonds is 4. The highest BCUT2D eigenvalue weighted by Gasteiger charge is 2.25. The number of anilines is 2. The van der Waals surface area contributed by atoms with Crippen LogP contribution in [0, 0.1) is 13.8 Å². The summed E-state index contributed by atoms with van der Waals surface area (Å²) in [5.74, 6) is 1.03. The minimum absolute atomic E-state index is 0.0464. The van der Waals surface area contributed by atoms with Crippen LogP contribution in [0.1, 0.15) is 24.0 Å². The van der Waals surface area contributed by atoms with E-state index in [2.05, 4.69) is 43.0 Å². The molecule has 0 atom stereocenters. The molecule has 6 heteroatoms. The molecule has 4 rings (SSSR count). The minimum atomic E-state index is 0.0464. The normalized spacial score (nSPS) is 16.4. The molecule has 0 N–H and O–H groups in total. The summed E-state index contributed by atoms with van der Waals surface area (Å²) in [7, 11) is 0. The quantitative estimate of drug-likeness (QED) is 0.749. The Kier molecular flexibility index (Phi) is 6.32. The monoisotopic (exact) mass is 423 g/mol. The van der Waals surface area contributed by atoms with Gasteiger partial charge >= 0.3 is 0 Å². The molecule has 2 aromatic carbocycles. The maximum atomic E-state index is 12.8. The largest absolute Gasteiger partial charge is 0.368 e. The fraction of sp³-hybridized carbons (Fsp3) is 0.417. The molecule has 1 fully saturated rings. The summed E-state index contributed by atoms with van der Waals surface area (Å²) < 4.78 is 0. The highest BCUT2D eigenvalue weighted by Crippen LogP contribution is 2.34. The van der Waals surface area contributed by atoms with E-state index in [0.29, 0.717) is 19.6 Å². The number of benzene rings is 2. The van der Waals surface area contributed by atoms with Crippen LogP contribution in [0.25, 0.3) is 0 Å². The number of carbonyl (C=O) groups is 2. The molecule has 0 radical (unpaired) electrons. The zero-order chi connectivity index (χ0) is 21.1. The molecule has 0 aliphatic carbocycles. The number of nitrogens with zero attached hydrogens (tertiary/aromatic N) is 3. The van der Waals surface area contributed by atoms with Gasteiger partial charge in [0, 0.05) is 61.9 Å². The number of para-hydroxylation sites is 1. The van der Waals surface area contributed by atoms with Gasteiger partial charge in [-0.25, -0.2) is 0 Å². The van der Waals surface area contributed by atoms with Gasteiger partial charge in [0.25, 0.3) is 0 Å². The number of piperazine rings is 1. The van der Waals surface area contributed by atoms with Crippen molar-refractivity contribution in [2.45, 2.75) is 31.6 Å². The van der Waals surface area contributed by atoms with Gasteiger partial charge in [0.2, 0.25) is 11.8 Å². The number of aryl methyl sites for hydroxylation is 2. The third-order valence-corrected chi connectivity index (χ3v) is 6.96. The molecule has 2 aliphatic rings. The van der Waals surface area contributed by atoms with E-state index < -0.39 is 0 Å². The van der Waals surface area contributed by atoms with Crippen LogP contribution in [-0.4, -0.2) is 55.2 Å². The number of hydrogen-bond donors (Lipinski definition) is 0. The second kappa shape index (κ2) is 9.13. The van der Waals surface area contributed by atoms with Crippen LogP contribution < -0.4 is 9.80 Å². The van der Waals surface area contributed by atoms with Gasteiger partial charge in [-0.1, -0.05) is 24.3 Å². The number of thioether (sulfide) groups is 1. The van der Waals surface area contributed by atoms with E-state index in [4.69, 9.17) is 0 Å². The Morgan fingerprint density at radius 2 is 1.60 bits per heavy atom. The van der Waals surface area contributed by atoms with Gasteiger partial charge in [0.15, 0.2) is 0 Å². The molecule has 1 saturated heterocycles. The second-order valence-corrected chi connectivity index (χ2v) is 9.16. The molecule has 0 saturated carbocycles. The third-order valence-electron chi connectivity index (χ3n) is 5.92. The summed E-state index contributed by atoms with van der Waals surface area (Å²) in [6.45, 7) is 8.05. The fourth-order valence-corrected chi connectivity index (χ4v) is 5.19. The standard InChI is InChI=1S/C24H29N3O2S/c1-18-7-8-19(2)21(17-18)25-11-13-26(14-12-25)23(28)9-10-24(29)27-15-16-30-22-6-4-3-5-20(22)27/h3-8,17H,9-16H2,1-2H3. The van der Waals surface area contributed by atoms with Crippen LogP contribution >= 0.6 is 11.8 Å². The maximum Gasteiger partial charge on any atom is 0.227 e. The summed E-state index contributed by atoms with van der Waals surface area (Å²) >= 11 is 1.78. The van der Waals surface area contributed by atoms with Crippen molar-refractivity contribution in [1.82, 2.24) is 4.90 Å². The first-order valence-electron chi connectivity index (χ1n) is 10.6. The highest BCUT2D eigenvalue weighted by atomic mass is 32.2. The molecule has 0 spiro atoms. The molecule has 2 aliphatic heterocycles. The molecule has 5 nitrogen and oxygen atoms in total. The van der Waals surface area contributed by atoms with E-state index in [9.17, 15) is 9.59 Å². The van der Waals surface area contributed by atoms with Gasteiger partial charge in [-0.3, -0.25) is 9.59 Å². The number of amides is 2. The zero-order valence-corrected chi connectivity index (χ0v) is 18.6. The zero-order valence-electron chi connectivity index (χ0n) is 17.8. The lowest BCUT2D eigenvalue weighted by Crippen LogP contribution is -2.49. The summed E-state index contributed by atoms with van der Waals surface area (Å²) in [4.78, 5) is 32.8. The fourth-order valence-electron chi connectivity index (χ4n) is 4.19. The highest BCUT2D eigenvalue weighted by molar-refractivity contribution is 7.99. The topological polar surface area (TPSA) is 43.9 Å². The first-order valence-corrected chi connectivity index (χ1v) is 11.6. The molecular formula is C24H29N3O2S. The molecule has 158 valence electrons. The Morgan fingerprint density at radius 1 is 0.867 bits per heavy atom. The van der Waals surface area contributed by atoms with Crippen molar-refractivity contribution in [1.29, 1.82) is 0 Å². The summed E-state index contributed by atoms with van der Waals surface area (Å²) in [6.07, 6.45) is 0.559. The molecule has 0 unspecified atom stereocenters. The number of hydrogen-bond acceptors (Lipinski definition) is 4. The second-order valence-electron chi connectivity index (χ2n) is 8.02. The van der Waals surface area contributed by atoms with Crippen molar-refractivity contribution in [3.63, 3.8) is 0 Å². The van der Waals surface area contributed by atoms with Gasteiger partial charge in [-0.2, -0.15) is 0 Å². The third kappa shape index (κ3) is 4.48. The average Bonchev–Trinajstić information content (AvgIpc) is 2.78. The van der Waals surface area contributed by atoms with Crippen molar-refractivity contribution in [2.24, 2.45) is 0 Å². The van der Waals surface area contributed by atoms with Crippen molar-refractivity contribution >= 4 is 35.0 Å². The van der Waals surface area contributed by atoms with Gasteiger partial charge < -0.3 is 14.7 Å². The molecule has 0 bridgehead atoms. The predicted molar refractivity (Wildman–Crippen MR) is 123 cm³/mol. The SMILES string of the molecule is Cc1ccc(C)c(N2CCN(C(=O)CCC(=O)N3CCSc4ccccc43)CC2)c1. The Labute approximate surface area is 183 Å². The first kappa shape index (κ1) is 20.8. The van der Waals surface area contributed by atoms with Gasteiger partial charge in [0.1, 0.15) is 0 Å². The molecular weight excluding hydrogens is 394 g/mol. The number of carbonyl (C=O) groups excluding carboxylic acids is 2.